The molecular formula is C13H19F2N3O. The van der Waals surface area contributed by atoms with E-state index in [0.29, 0.717) is 13.1 Å². The molecule has 0 aliphatic carbocycles. The normalized spacial score (nSPS) is 12.1. The molecule has 4 nitrogen and oxygen atoms in total. The van der Waals surface area contributed by atoms with Crippen molar-refractivity contribution >= 4 is 6.03 Å². The van der Waals surface area contributed by atoms with Gasteiger partial charge in [0.05, 0.1) is 0 Å². The first kappa shape index (κ1) is 15.4. The van der Waals surface area contributed by atoms with Gasteiger partial charge in [-0.3, -0.25) is 0 Å². The Morgan fingerprint density at radius 1 is 1.32 bits per heavy atom. The maximum atomic E-state index is 13.5. The Labute approximate surface area is 111 Å². The summed E-state index contributed by atoms with van der Waals surface area (Å²) in [6.45, 7) is 2.63. The van der Waals surface area contributed by atoms with E-state index in [1.54, 1.807) is 21.0 Å². The highest BCUT2D eigenvalue weighted by molar-refractivity contribution is 5.73. The first-order valence-electron chi connectivity index (χ1n) is 6.06. The van der Waals surface area contributed by atoms with Crippen LogP contribution >= 0.6 is 0 Å². The fourth-order valence-corrected chi connectivity index (χ4v) is 1.58. The molecule has 1 atom stereocenters. The Hall–Kier alpha value is -1.69. The molecule has 19 heavy (non-hydrogen) atoms. The molecule has 6 heteroatoms. The van der Waals surface area contributed by atoms with Crippen molar-refractivity contribution in [3.8, 4) is 0 Å². The molecule has 106 valence electrons. The molecule has 2 amide bonds. The molecule has 0 bridgehead atoms. The van der Waals surface area contributed by atoms with E-state index in [1.165, 1.54) is 17.0 Å². The van der Waals surface area contributed by atoms with Crippen molar-refractivity contribution < 1.29 is 13.6 Å². The molecule has 0 aliphatic heterocycles. The number of carbonyl (C=O) groups is 1. The van der Waals surface area contributed by atoms with Gasteiger partial charge >= 0.3 is 6.03 Å². The number of carbonyl (C=O) groups excluding carboxylic acids is 1. The van der Waals surface area contributed by atoms with E-state index in [2.05, 4.69) is 10.6 Å². The lowest BCUT2D eigenvalue weighted by Crippen LogP contribution is -2.38. The van der Waals surface area contributed by atoms with Crippen LogP contribution in [-0.2, 0) is 0 Å². The molecule has 0 spiro atoms. The summed E-state index contributed by atoms with van der Waals surface area (Å²) in [7, 11) is 3.29. The number of urea groups is 1. The molecule has 0 heterocycles. The molecule has 0 radical (unpaired) electrons. The third-order valence-corrected chi connectivity index (χ3v) is 2.71. The van der Waals surface area contributed by atoms with E-state index in [4.69, 9.17) is 0 Å². The van der Waals surface area contributed by atoms with Crippen molar-refractivity contribution in [2.24, 2.45) is 0 Å². The largest absolute Gasteiger partial charge is 0.337 e. The molecule has 0 saturated carbocycles. The van der Waals surface area contributed by atoms with Gasteiger partial charge in [-0.1, -0.05) is 12.1 Å². The van der Waals surface area contributed by atoms with Gasteiger partial charge in [0.25, 0.3) is 0 Å². The average Bonchev–Trinajstić information content (AvgIpc) is 2.37. The second kappa shape index (κ2) is 7.04. The summed E-state index contributed by atoms with van der Waals surface area (Å²) in [6, 6.07) is 3.58. The lowest BCUT2D eigenvalue weighted by Gasteiger charge is -2.16. The van der Waals surface area contributed by atoms with Gasteiger partial charge in [-0.25, -0.2) is 13.6 Å². The molecular weight excluding hydrogens is 252 g/mol. The molecule has 0 aliphatic rings. The van der Waals surface area contributed by atoms with Gasteiger partial charge in [-0.15, -0.1) is 0 Å². The summed E-state index contributed by atoms with van der Waals surface area (Å²) in [4.78, 5) is 12.7. The lowest BCUT2D eigenvalue weighted by atomic mass is 10.1. The quantitative estimate of drug-likeness (QED) is 0.803. The third-order valence-electron chi connectivity index (χ3n) is 2.71. The first-order chi connectivity index (χ1) is 8.93. The monoisotopic (exact) mass is 271 g/mol. The van der Waals surface area contributed by atoms with Crippen LogP contribution in [0.2, 0.25) is 0 Å². The Morgan fingerprint density at radius 2 is 2.00 bits per heavy atom. The van der Waals surface area contributed by atoms with E-state index in [0.717, 1.165) is 6.07 Å². The van der Waals surface area contributed by atoms with Gasteiger partial charge in [-0.2, -0.15) is 0 Å². The van der Waals surface area contributed by atoms with Crippen LogP contribution in [0.15, 0.2) is 18.2 Å². The number of nitrogens with one attached hydrogen (secondary N) is 2. The number of benzene rings is 1. The zero-order valence-electron chi connectivity index (χ0n) is 11.3. The third kappa shape index (κ3) is 4.48. The Kier molecular flexibility index (Phi) is 5.69. The molecule has 1 rings (SSSR count). The van der Waals surface area contributed by atoms with Crippen molar-refractivity contribution in [1.29, 1.82) is 0 Å². The molecule has 0 fully saturated rings. The van der Waals surface area contributed by atoms with Gasteiger partial charge in [-0.05, 0) is 13.0 Å². The summed E-state index contributed by atoms with van der Waals surface area (Å²) in [6.07, 6.45) is 0. The van der Waals surface area contributed by atoms with E-state index in [1.807, 2.05) is 0 Å². The highest BCUT2D eigenvalue weighted by atomic mass is 19.2. The van der Waals surface area contributed by atoms with Crippen molar-refractivity contribution in [3.63, 3.8) is 0 Å². The predicted molar refractivity (Wildman–Crippen MR) is 69.9 cm³/mol. The minimum absolute atomic E-state index is 0.189. The second-order valence-electron chi connectivity index (χ2n) is 4.45. The second-order valence-corrected chi connectivity index (χ2v) is 4.45. The molecule has 1 aromatic rings. The van der Waals surface area contributed by atoms with Crippen LogP contribution in [0.1, 0.15) is 18.5 Å². The smallest absolute Gasteiger partial charge is 0.316 e. The van der Waals surface area contributed by atoms with Gasteiger partial charge in [0.2, 0.25) is 0 Å². The van der Waals surface area contributed by atoms with Crippen molar-refractivity contribution in [3.05, 3.63) is 35.4 Å². The summed E-state index contributed by atoms with van der Waals surface area (Å²) >= 11 is 0. The molecule has 0 saturated heterocycles. The van der Waals surface area contributed by atoms with Crippen LogP contribution in [-0.4, -0.2) is 38.1 Å². The van der Waals surface area contributed by atoms with Crippen LogP contribution in [0.25, 0.3) is 0 Å². The number of rotatable bonds is 5. The number of hydrogen-bond donors (Lipinski definition) is 2. The summed E-state index contributed by atoms with van der Waals surface area (Å²) < 4.78 is 26.6. The number of nitrogens with zero attached hydrogens (tertiary/aromatic N) is 1. The lowest BCUT2D eigenvalue weighted by molar-refractivity contribution is 0.217. The summed E-state index contributed by atoms with van der Waals surface area (Å²) in [5, 5.41) is 5.69. The number of amides is 2. The zero-order chi connectivity index (χ0) is 14.4. The average molecular weight is 271 g/mol. The summed E-state index contributed by atoms with van der Waals surface area (Å²) in [5.74, 6) is -1.69. The molecule has 2 N–H and O–H groups in total. The maximum Gasteiger partial charge on any atom is 0.316 e. The number of hydrogen-bond acceptors (Lipinski definition) is 2. The van der Waals surface area contributed by atoms with Crippen LogP contribution in [0.3, 0.4) is 0 Å². The Balaban J connectivity index is 2.41. The van der Waals surface area contributed by atoms with Crippen LogP contribution in [0.5, 0.6) is 0 Å². The highest BCUT2D eigenvalue weighted by Crippen LogP contribution is 2.18. The van der Waals surface area contributed by atoms with Crippen LogP contribution in [0.4, 0.5) is 13.6 Å². The van der Waals surface area contributed by atoms with Crippen LogP contribution < -0.4 is 10.6 Å². The molecule has 0 aromatic heterocycles. The summed E-state index contributed by atoms with van der Waals surface area (Å²) in [5.41, 5.74) is 0.277. The topological polar surface area (TPSA) is 44.4 Å². The fourth-order valence-electron chi connectivity index (χ4n) is 1.58. The van der Waals surface area contributed by atoms with Gasteiger partial charge in [0.15, 0.2) is 11.6 Å². The molecule has 1 unspecified atom stereocenters. The van der Waals surface area contributed by atoms with Crippen molar-refractivity contribution in [1.82, 2.24) is 15.5 Å². The van der Waals surface area contributed by atoms with E-state index in [-0.39, 0.29) is 17.6 Å². The molecule has 1 aromatic carbocycles. The maximum absolute atomic E-state index is 13.5. The Morgan fingerprint density at radius 3 is 2.63 bits per heavy atom. The van der Waals surface area contributed by atoms with Crippen molar-refractivity contribution in [2.75, 3.05) is 27.2 Å². The van der Waals surface area contributed by atoms with Crippen LogP contribution in [0, 0.1) is 11.6 Å². The first-order valence-corrected chi connectivity index (χ1v) is 6.06. The Bertz CT molecular complexity index is 438. The van der Waals surface area contributed by atoms with Gasteiger partial charge < -0.3 is 15.5 Å². The standard InChI is InChI=1S/C13H19F2N3O/c1-9(10-5-4-6-11(14)12(10)15)16-7-8-17-13(19)18(2)3/h4-6,9,16H,7-8H2,1-3H3,(H,17,19). The highest BCUT2D eigenvalue weighted by Gasteiger charge is 2.13. The number of halogens is 2. The fraction of sp³-hybridized carbons (Fsp3) is 0.462. The van der Waals surface area contributed by atoms with Gasteiger partial charge in [0, 0.05) is 38.8 Å². The predicted octanol–water partition coefficient (Wildman–Crippen LogP) is 1.89. The van der Waals surface area contributed by atoms with Crippen molar-refractivity contribution in [2.45, 2.75) is 13.0 Å². The van der Waals surface area contributed by atoms with Gasteiger partial charge in [0.1, 0.15) is 0 Å². The zero-order valence-corrected chi connectivity index (χ0v) is 11.3. The van der Waals surface area contributed by atoms with E-state index >= 15 is 0 Å². The van der Waals surface area contributed by atoms with E-state index in [9.17, 15) is 13.6 Å². The minimum Gasteiger partial charge on any atom is -0.337 e. The minimum atomic E-state index is -0.855. The van der Waals surface area contributed by atoms with E-state index < -0.39 is 11.6 Å². The SMILES string of the molecule is CC(NCCNC(=O)N(C)C)c1cccc(F)c1F.